The number of quaternary nitrogens is 1. The van der Waals surface area contributed by atoms with Crippen LogP contribution in [-0.2, 0) is 23.8 Å². The van der Waals surface area contributed by atoms with Crippen molar-refractivity contribution in [2.24, 2.45) is 23.7 Å². The molecule has 5 atom stereocenters. The smallest absolute Gasteiger partial charge is 0.313 e. The van der Waals surface area contributed by atoms with E-state index in [1.54, 1.807) is 0 Å². The van der Waals surface area contributed by atoms with E-state index >= 15 is 0 Å². The molecule has 0 aromatic rings. The number of hydrogen-bond donors (Lipinski definition) is 1. The molecule has 0 amide bonds. The number of carbonyl (C=O) groups excluding carboxylic acids is 2. The summed E-state index contributed by atoms with van der Waals surface area (Å²) in [5.74, 6) is 0.151. The Morgan fingerprint density at radius 2 is 2.10 bits per heavy atom. The van der Waals surface area contributed by atoms with Crippen LogP contribution in [0, 0.1) is 23.7 Å². The molecule has 4 fully saturated rings. The number of rotatable bonds is 4. The minimum absolute atomic E-state index is 0.0573. The van der Waals surface area contributed by atoms with Crippen molar-refractivity contribution in [3.63, 3.8) is 0 Å². The number of carbonyl (C=O) groups is 2. The predicted octanol–water partition coefficient (Wildman–Crippen LogP) is -1.36. The number of nitrogens with one attached hydrogen (secondary N) is 1. The minimum Gasteiger partial charge on any atom is -0.461 e. The highest BCUT2D eigenvalue weighted by molar-refractivity contribution is 5.81. The largest absolute Gasteiger partial charge is 0.461 e. The van der Waals surface area contributed by atoms with Crippen molar-refractivity contribution in [1.82, 2.24) is 0 Å². The highest BCUT2D eigenvalue weighted by Gasteiger charge is 2.64. The van der Waals surface area contributed by atoms with Gasteiger partial charge in [-0.1, -0.05) is 0 Å². The van der Waals surface area contributed by atoms with E-state index in [9.17, 15) is 9.59 Å². The van der Waals surface area contributed by atoms with Crippen LogP contribution in [0.2, 0.25) is 0 Å². The van der Waals surface area contributed by atoms with E-state index in [1.807, 2.05) is 0 Å². The van der Waals surface area contributed by atoms with Gasteiger partial charge in [0.05, 0.1) is 25.0 Å². The molecule has 0 spiro atoms. The van der Waals surface area contributed by atoms with Gasteiger partial charge in [0.2, 0.25) is 0 Å². The van der Waals surface area contributed by atoms with Crippen LogP contribution in [-0.4, -0.2) is 57.5 Å². The monoisotopic (exact) mass is 296 g/mol. The number of fused-ring (bicyclic) bond motifs is 1. The molecule has 2 bridgehead atoms. The van der Waals surface area contributed by atoms with E-state index in [2.05, 4.69) is 0 Å². The van der Waals surface area contributed by atoms with E-state index < -0.39 is 0 Å². The zero-order valence-electron chi connectivity index (χ0n) is 12.1. The lowest BCUT2D eigenvalue weighted by molar-refractivity contribution is -0.908. The van der Waals surface area contributed by atoms with Gasteiger partial charge in [0.1, 0.15) is 32.3 Å². The lowest BCUT2D eigenvalue weighted by Crippen LogP contribution is -3.14. The molecule has 2 saturated carbocycles. The molecular weight excluding hydrogens is 274 g/mol. The first kappa shape index (κ1) is 13.5. The molecule has 6 heteroatoms. The second kappa shape index (κ2) is 5.25. The van der Waals surface area contributed by atoms with E-state index in [1.165, 1.54) is 4.90 Å². The van der Waals surface area contributed by atoms with Crippen molar-refractivity contribution in [1.29, 1.82) is 0 Å². The van der Waals surface area contributed by atoms with Crippen molar-refractivity contribution in [2.45, 2.75) is 18.9 Å². The second-order valence-corrected chi connectivity index (χ2v) is 6.71. The zero-order valence-corrected chi connectivity index (χ0v) is 12.1. The van der Waals surface area contributed by atoms with Crippen molar-refractivity contribution in [3.05, 3.63) is 0 Å². The summed E-state index contributed by atoms with van der Waals surface area (Å²) in [5, 5.41) is 0. The lowest BCUT2D eigenvalue weighted by Gasteiger charge is -2.25. The molecule has 0 aromatic carbocycles. The lowest BCUT2D eigenvalue weighted by atomic mass is 9.82. The maximum Gasteiger partial charge on any atom is 0.313 e. The Labute approximate surface area is 123 Å². The molecule has 4 aliphatic rings. The topological polar surface area (TPSA) is 66.3 Å². The Morgan fingerprint density at radius 3 is 2.90 bits per heavy atom. The van der Waals surface area contributed by atoms with Crippen LogP contribution in [0.25, 0.3) is 0 Å². The van der Waals surface area contributed by atoms with Gasteiger partial charge in [-0.3, -0.25) is 9.59 Å². The average molecular weight is 296 g/mol. The number of morpholine rings is 1. The van der Waals surface area contributed by atoms with Gasteiger partial charge >= 0.3 is 11.9 Å². The third kappa shape index (κ3) is 2.25. The molecule has 5 unspecified atom stereocenters. The van der Waals surface area contributed by atoms with Crippen LogP contribution >= 0.6 is 0 Å². The van der Waals surface area contributed by atoms with Gasteiger partial charge in [-0.15, -0.1) is 0 Å². The second-order valence-electron chi connectivity index (χ2n) is 6.71. The first-order chi connectivity index (χ1) is 10.2. The van der Waals surface area contributed by atoms with Gasteiger partial charge in [-0.2, -0.15) is 0 Å². The van der Waals surface area contributed by atoms with E-state index in [0.717, 1.165) is 45.7 Å². The molecule has 21 heavy (non-hydrogen) atoms. The maximum absolute atomic E-state index is 12.3. The van der Waals surface area contributed by atoms with Crippen molar-refractivity contribution in [3.8, 4) is 0 Å². The fourth-order valence-corrected chi connectivity index (χ4v) is 4.58. The molecular formula is C15H22NO5+. The molecule has 1 N–H and O–H groups in total. The van der Waals surface area contributed by atoms with Crippen LogP contribution in [0.4, 0.5) is 0 Å². The van der Waals surface area contributed by atoms with Crippen LogP contribution < -0.4 is 4.90 Å². The zero-order chi connectivity index (χ0) is 14.4. The first-order valence-electron chi connectivity index (χ1n) is 8.02. The normalized spacial score (nSPS) is 41.3. The van der Waals surface area contributed by atoms with Crippen LogP contribution in [0.15, 0.2) is 0 Å². The molecule has 0 radical (unpaired) electrons. The summed E-state index contributed by atoms with van der Waals surface area (Å²) in [5.41, 5.74) is 0. The third-order valence-corrected chi connectivity index (χ3v) is 5.66. The SMILES string of the molecule is O=C1OC2C3CC(CC13)C2C(=O)OCC[NH+]1CCOCC1. The Hall–Kier alpha value is -1.14. The number of ether oxygens (including phenoxy) is 3. The van der Waals surface area contributed by atoms with Crippen LogP contribution in [0.5, 0.6) is 0 Å². The standard InChI is InChI=1S/C15H21NO5/c17-14-11-8-9-7-10(11)13(21-14)12(9)15(18)20-6-3-16-1-4-19-5-2-16/h9-13H,1-8H2/p+1. The van der Waals surface area contributed by atoms with Gasteiger partial charge in [0.15, 0.2) is 0 Å². The summed E-state index contributed by atoms with van der Waals surface area (Å²) >= 11 is 0. The van der Waals surface area contributed by atoms with E-state index in [0.29, 0.717) is 12.5 Å². The third-order valence-electron chi connectivity index (χ3n) is 5.66. The minimum atomic E-state index is -0.211. The van der Waals surface area contributed by atoms with Gasteiger partial charge in [-0.05, 0) is 18.8 Å². The molecule has 2 heterocycles. The van der Waals surface area contributed by atoms with Crippen molar-refractivity contribution < 1.29 is 28.7 Å². The van der Waals surface area contributed by atoms with Crippen LogP contribution in [0.3, 0.4) is 0 Å². The van der Waals surface area contributed by atoms with Crippen LogP contribution in [0.1, 0.15) is 12.8 Å². The van der Waals surface area contributed by atoms with Gasteiger partial charge < -0.3 is 19.1 Å². The maximum atomic E-state index is 12.3. The summed E-state index contributed by atoms with van der Waals surface area (Å²) < 4.78 is 16.2. The molecule has 2 aliphatic carbocycles. The van der Waals surface area contributed by atoms with Gasteiger partial charge in [0, 0.05) is 5.92 Å². The van der Waals surface area contributed by atoms with Crippen molar-refractivity contribution >= 4 is 11.9 Å². The molecule has 2 aliphatic heterocycles. The van der Waals surface area contributed by atoms with E-state index in [-0.39, 0.29) is 35.8 Å². The fraction of sp³-hybridized carbons (Fsp3) is 0.867. The summed E-state index contributed by atoms with van der Waals surface area (Å²) in [6.07, 6.45) is 1.56. The highest BCUT2D eigenvalue weighted by atomic mass is 16.6. The van der Waals surface area contributed by atoms with Gasteiger partial charge in [0.25, 0.3) is 0 Å². The number of esters is 2. The Morgan fingerprint density at radius 1 is 1.29 bits per heavy atom. The summed E-state index contributed by atoms with van der Waals surface area (Å²) in [4.78, 5) is 25.4. The van der Waals surface area contributed by atoms with E-state index in [4.69, 9.17) is 14.2 Å². The predicted molar refractivity (Wildman–Crippen MR) is 70.4 cm³/mol. The molecule has 2 saturated heterocycles. The molecule has 116 valence electrons. The summed E-state index contributed by atoms with van der Waals surface area (Å²) in [6.45, 7) is 4.82. The van der Waals surface area contributed by atoms with Crippen molar-refractivity contribution in [2.75, 3.05) is 39.5 Å². The average Bonchev–Trinajstić information content (AvgIpc) is 3.10. The summed E-state index contributed by atoms with van der Waals surface area (Å²) in [6, 6.07) is 0. The molecule has 6 nitrogen and oxygen atoms in total. The molecule has 4 rings (SSSR count). The Balaban J connectivity index is 1.29. The Kier molecular flexibility index (Phi) is 3.38. The first-order valence-corrected chi connectivity index (χ1v) is 8.02. The highest BCUT2D eigenvalue weighted by Crippen LogP contribution is 2.57. The van der Waals surface area contributed by atoms with Gasteiger partial charge in [-0.25, -0.2) is 0 Å². The number of hydrogen-bond acceptors (Lipinski definition) is 5. The molecule has 0 aromatic heterocycles. The summed E-state index contributed by atoms with van der Waals surface area (Å²) in [7, 11) is 0. The quantitative estimate of drug-likeness (QED) is 0.649. The Bertz CT molecular complexity index is 447. The fourth-order valence-electron chi connectivity index (χ4n) is 4.58.